The summed E-state index contributed by atoms with van der Waals surface area (Å²) in [5.41, 5.74) is 8.96. The molecule has 0 amide bonds. The number of likely N-dealkylation sites (tertiary alicyclic amines) is 1. The monoisotopic (exact) mass is 329 g/mol. The van der Waals surface area contributed by atoms with E-state index in [0.717, 1.165) is 41.1 Å². The molecular formula is C18H20ClN3O. The Hall–Kier alpha value is -1.91. The summed E-state index contributed by atoms with van der Waals surface area (Å²) in [6.45, 7) is 4.26. The van der Waals surface area contributed by atoms with Gasteiger partial charge in [0.1, 0.15) is 5.82 Å². The zero-order valence-corrected chi connectivity index (χ0v) is 13.9. The van der Waals surface area contributed by atoms with Crippen molar-refractivity contribution in [2.45, 2.75) is 32.4 Å². The second-order valence-corrected chi connectivity index (χ2v) is 6.49. The first-order valence-electron chi connectivity index (χ1n) is 7.82. The van der Waals surface area contributed by atoms with Crippen LogP contribution in [0.1, 0.15) is 35.7 Å². The molecule has 1 atom stereocenters. The van der Waals surface area contributed by atoms with Gasteiger partial charge in [0.05, 0.1) is 5.56 Å². The van der Waals surface area contributed by atoms with Crippen LogP contribution in [0.2, 0.25) is 5.02 Å². The molecule has 1 aliphatic rings. The van der Waals surface area contributed by atoms with E-state index < -0.39 is 0 Å². The van der Waals surface area contributed by atoms with Gasteiger partial charge in [-0.25, -0.2) is 4.98 Å². The minimum absolute atomic E-state index is 0.245. The van der Waals surface area contributed by atoms with Gasteiger partial charge in [0, 0.05) is 29.4 Å². The summed E-state index contributed by atoms with van der Waals surface area (Å²) in [4.78, 5) is 17.5. The lowest BCUT2D eigenvalue weighted by Crippen LogP contribution is -2.26. The molecule has 0 spiro atoms. The number of hydrogen-bond acceptors (Lipinski definition) is 4. The van der Waals surface area contributed by atoms with E-state index in [1.807, 2.05) is 12.1 Å². The Bertz CT molecular complexity index is 732. The Balaban J connectivity index is 1.85. The SMILES string of the molecule is CC1CCCN1Cc1ccc(-c2cnc(N)c(C=O)c2)cc1Cl. The van der Waals surface area contributed by atoms with Gasteiger partial charge in [0.15, 0.2) is 6.29 Å². The molecule has 1 aromatic carbocycles. The number of carbonyl (C=O) groups is 1. The van der Waals surface area contributed by atoms with Gasteiger partial charge in [-0.05, 0) is 49.6 Å². The molecule has 2 heterocycles. The number of rotatable bonds is 4. The summed E-state index contributed by atoms with van der Waals surface area (Å²) >= 11 is 6.47. The molecule has 5 heteroatoms. The van der Waals surface area contributed by atoms with Crippen molar-refractivity contribution in [3.8, 4) is 11.1 Å². The predicted octanol–water partition coefficient (Wildman–Crippen LogP) is 3.78. The fraction of sp³-hybridized carbons (Fsp3) is 0.333. The molecule has 120 valence electrons. The Morgan fingerprint density at radius 2 is 2.22 bits per heavy atom. The first-order valence-corrected chi connectivity index (χ1v) is 8.20. The Kier molecular flexibility index (Phi) is 4.64. The third-order valence-corrected chi connectivity index (χ3v) is 4.88. The fourth-order valence-electron chi connectivity index (χ4n) is 3.05. The largest absolute Gasteiger partial charge is 0.383 e. The van der Waals surface area contributed by atoms with Crippen LogP contribution in [0.25, 0.3) is 11.1 Å². The third-order valence-electron chi connectivity index (χ3n) is 4.53. The fourth-order valence-corrected chi connectivity index (χ4v) is 3.29. The highest BCUT2D eigenvalue weighted by molar-refractivity contribution is 6.31. The van der Waals surface area contributed by atoms with E-state index in [1.54, 1.807) is 12.3 Å². The van der Waals surface area contributed by atoms with Crippen molar-refractivity contribution in [1.82, 2.24) is 9.88 Å². The lowest BCUT2D eigenvalue weighted by atomic mass is 10.0. The average Bonchev–Trinajstić information content (AvgIpc) is 2.95. The smallest absolute Gasteiger partial charge is 0.153 e. The van der Waals surface area contributed by atoms with Gasteiger partial charge in [-0.15, -0.1) is 0 Å². The van der Waals surface area contributed by atoms with Gasteiger partial charge < -0.3 is 5.73 Å². The molecule has 3 rings (SSSR count). The molecule has 0 aliphatic carbocycles. The summed E-state index contributed by atoms with van der Waals surface area (Å²) in [7, 11) is 0. The number of aldehydes is 1. The lowest BCUT2D eigenvalue weighted by molar-refractivity contribution is 0.112. The van der Waals surface area contributed by atoms with Crippen molar-refractivity contribution < 1.29 is 4.79 Å². The summed E-state index contributed by atoms with van der Waals surface area (Å²) in [5, 5.41) is 0.742. The van der Waals surface area contributed by atoms with Crippen molar-refractivity contribution in [2.24, 2.45) is 0 Å². The first-order chi connectivity index (χ1) is 11.1. The topological polar surface area (TPSA) is 59.2 Å². The number of carbonyl (C=O) groups excluding carboxylic acids is 1. The van der Waals surface area contributed by atoms with E-state index in [0.29, 0.717) is 11.6 Å². The normalized spacial score (nSPS) is 18.3. The molecule has 0 saturated carbocycles. The van der Waals surface area contributed by atoms with Crippen LogP contribution >= 0.6 is 11.6 Å². The Labute approximate surface area is 141 Å². The maximum Gasteiger partial charge on any atom is 0.153 e. The number of nitrogen functional groups attached to an aromatic ring is 1. The van der Waals surface area contributed by atoms with Crippen LogP contribution in [0.5, 0.6) is 0 Å². The van der Waals surface area contributed by atoms with Gasteiger partial charge >= 0.3 is 0 Å². The number of pyridine rings is 1. The molecule has 0 radical (unpaired) electrons. The Morgan fingerprint density at radius 1 is 1.39 bits per heavy atom. The summed E-state index contributed by atoms with van der Waals surface area (Å²) < 4.78 is 0. The standard InChI is InChI=1S/C18H20ClN3O/c1-12-3-2-6-22(12)10-14-5-4-13(8-17(14)19)15-7-16(11-23)18(20)21-9-15/h4-5,7-9,11-12H,2-3,6,10H2,1H3,(H2,20,21). The number of nitrogens with two attached hydrogens (primary N) is 1. The quantitative estimate of drug-likeness (QED) is 0.867. The summed E-state index contributed by atoms with van der Waals surface area (Å²) in [5.74, 6) is 0.245. The van der Waals surface area contributed by atoms with Gasteiger partial charge in [0.25, 0.3) is 0 Å². The summed E-state index contributed by atoms with van der Waals surface area (Å²) in [6.07, 6.45) is 4.89. The molecule has 4 nitrogen and oxygen atoms in total. The maximum atomic E-state index is 11.0. The van der Waals surface area contributed by atoms with Gasteiger partial charge in [-0.2, -0.15) is 0 Å². The zero-order valence-electron chi connectivity index (χ0n) is 13.1. The van der Waals surface area contributed by atoms with Crippen LogP contribution in [0.15, 0.2) is 30.5 Å². The van der Waals surface area contributed by atoms with E-state index >= 15 is 0 Å². The average molecular weight is 330 g/mol. The number of halogens is 1. The molecule has 1 aromatic heterocycles. The van der Waals surface area contributed by atoms with E-state index in [-0.39, 0.29) is 5.82 Å². The van der Waals surface area contributed by atoms with Crippen LogP contribution in [0, 0.1) is 0 Å². The number of nitrogens with zero attached hydrogens (tertiary/aromatic N) is 2. The number of aromatic nitrogens is 1. The number of anilines is 1. The third kappa shape index (κ3) is 3.38. The number of hydrogen-bond donors (Lipinski definition) is 1. The molecule has 1 aliphatic heterocycles. The first kappa shape index (κ1) is 16.0. The van der Waals surface area contributed by atoms with Crippen LogP contribution in [-0.2, 0) is 6.54 Å². The van der Waals surface area contributed by atoms with Crippen molar-refractivity contribution in [3.05, 3.63) is 46.6 Å². The minimum atomic E-state index is 0.245. The molecule has 1 saturated heterocycles. The Morgan fingerprint density at radius 3 is 2.87 bits per heavy atom. The highest BCUT2D eigenvalue weighted by Gasteiger charge is 2.21. The predicted molar refractivity (Wildman–Crippen MR) is 93.6 cm³/mol. The van der Waals surface area contributed by atoms with Crippen molar-refractivity contribution in [2.75, 3.05) is 12.3 Å². The molecule has 23 heavy (non-hydrogen) atoms. The molecule has 1 unspecified atom stereocenters. The van der Waals surface area contributed by atoms with Gasteiger partial charge in [0.2, 0.25) is 0 Å². The van der Waals surface area contributed by atoms with Crippen molar-refractivity contribution >= 4 is 23.7 Å². The molecular weight excluding hydrogens is 310 g/mol. The minimum Gasteiger partial charge on any atom is -0.383 e. The van der Waals surface area contributed by atoms with Crippen LogP contribution in [0.4, 0.5) is 5.82 Å². The molecule has 2 N–H and O–H groups in total. The second kappa shape index (κ2) is 6.69. The van der Waals surface area contributed by atoms with Crippen molar-refractivity contribution in [3.63, 3.8) is 0 Å². The maximum absolute atomic E-state index is 11.0. The van der Waals surface area contributed by atoms with Gasteiger partial charge in [-0.1, -0.05) is 23.7 Å². The molecule has 1 fully saturated rings. The number of benzene rings is 1. The second-order valence-electron chi connectivity index (χ2n) is 6.08. The van der Waals surface area contributed by atoms with Crippen LogP contribution < -0.4 is 5.73 Å². The molecule has 2 aromatic rings. The van der Waals surface area contributed by atoms with Crippen LogP contribution in [-0.4, -0.2) is 28.8 Å². The van der Waals surface area contributed by atoms with E-state index in [2.05, 4.69) is 22.9 Å². The van der Waals surface area contributed by atoms with E-state index in [1.165, 1.54) is 12.8 Å². The molecule has 0 bridgehead atoms. The zero-order chi connectivity index (χ0) is 16.4. The van der Waals surface area contributed by atoms with E-state index in [9.17, 15) is 4.79 Å². The van der Waals surface area contributed by atoms with Gasteiger partial charge in [-0.3, -0.25) is 9.69 Å². The van der Waals surface area contributed by atoms with E-state index in [4.69, 9.17) is 17.3 Å². The highest BCUT2D eigenvalue weighted by atomic mass is 35.5. The van der Waals surface area contributed by atoms with Crippen molar-refractivity contribution in [1.29, 1.82) is 0 Å². The van der Waals surface area contributed by atoms with Crippen LogP contribution in [0.3, 0.4) is 0 Å². The summed E-state index contributed by atoms with van der Waals surface area (Å²) in [6, 6.07) is 8.36. The highest BCUT2D eigenvalue weighted by Crippen LogP contribution is 2.29. The lowest BCUT2D eigenvalue weighted by Gasteiger charge is -2.21.